The molecule has 1 atom stereocenters. The van der Waals surface area contributed by atoms with E-state index in [0.29, 0.717) is 49.8 Å². The van der Waals surface area contributed by atoms with E-state index < -0.39 is 11.9 Å². The normalized spacial score (nSPS) is 14.6. The van der Waals surface area contributed by atoms with Gasteiger partial charge in [0.1, 0.15) is 0 Å². The molecule has 2 N–H and O–H groups in total. The molecule has 1 aliphatic rings. The quantitative estimate of drug-likeness (QED) is 0.394. The van der Waals surface area contributed by atoms with E-state index in [1.807, 2.05) is 40.8 Å². The van der Waals surface area contributed by atoms with Gasteiger partial charge in [-0.1, -0.05) is 30.3 Å². The van der Waals surface area contributed by atoms with Crippen LogP contribution in [0, 0.1) is 5.82 Å². The molecule has 4 heterocycles. The molecule has 1 saturated heterocycles. The third-order valence-corrected chi connectivity index (χ3v) is 5.91. The molecule has 5 rings (SSSR count). The van der Waals surface area contributed by atoms with Gasteiger partial charge in [-0.05, 0) is 18.9 Å². The highest BCUT2D eigenvalue weighted by atomic mass is 19.1. The van der Waals surface area contributed by atoms with E-state index in [1.165, 1.54) is 5.56 Å². The van der Waals surface area contributed by atoms with Crippen LogP contribution in [-0.4, -0.2) is 60.8 Å². The number of aryl methyl sites for hydroxylation is 2. The molecule has 0 saturated carbocycles. The van der Waals surface area contributed by atoms with Crippen molar-refractivity contribution in [2.45, 2.75) is 25.9 Å². The molecule has 0 radical (unpaired) electrons. The lowest BCUT2D eigenvalue weighted by atomic mass is 10.1. The van der Waals surface area contributed by atoms with Crippen LogP contribution in [0.4, 0.5) is 28.1 Å². The number of morpholine rings is 1. The van der Waals surface area contributed by atoms with E-state index >= 15 is 0 Å². The highest BCUT2D eigenvalue weighted by Crippen LogP contribution is 2.31. The van der Waals surface area contributed by atoms with E-state index in [9.17, 15) is 4.39 Å². The number of ether oxygens (including phenoxy) is 1. The van der Waals surface area contributed by atoms with Crippen LogP contribution in [0.15, 0.2) is 55.2 Å². The molecular weight excluding hydrogens is 463 g/mol. The topological polar surface area (TPSA) is 124 Å². The summed E-state index contributed by atoms with van der Waals surface area (Å²) in [6.07, 6.45) is 6.80. The van der Waals surface area contributed by atoms with E-state index in [-0.39, 0.29) is 5.95 Å². The minimum Gasteiger partial charge on any atom is -0.378 e. The van der Waals surface area contributed by atoms with Crippen LogP contribution in [0.3, 0.4) is 0 Å². The van der Waals surface area contributed by atoms with Crippen LogP contribution in [0.1, 0.15) is 24.4 Å². The summed E-state index contributed by atoms with van der Waals surface area (Å²) in [5.41, 5.74) is 7.34. The third-order valence-electron chi connectivity index (χ3n) is 5.91. The van der Waals surface area contributed by atoms with Crippen LogP contribution in [-0.2, 0) is 17.7 Å². The molecule has 0 unspecified atom stereocenters. The number of rotatable bonds is 8. The first-order valence-corrected chi connectivity index (χ1v) is 11.7. The first kappa shape index (κ1) is 23.5. The minimum absolute atomic E-state index is 0.0854. The van der Waals surface area contributed by atoms with Crippen LogP contribution < -0.4 is 15.5 Å². The SMILES string of the molecule is C[C@@H](c1ncc(F)cn1)N(c1cn(CCc2ccccc2)cn1)c1nc(N)nc(N2CCOCC2)n1. The molecule has 0 spiro atoms. The number of imidazole rings is 1. The highest BCUT2D eigenvalue weighted by molar-refractivity contribution is 5.56. The molecule has 3 aromatic heterocycles. The number of nitrogens with two attached hydrogens (primary N) is 1. The summed E-state index contributed by atoms with van der Waals surface area (Å²) in [7, 11) is 0. The summed E-state index contributed by atoms with van der Waals surface area (Å²) < 4.78 is 21.0. The van der Waals surface area contributed by atoms with Crippen LogP contribution >= 0.6 is 0 Å². The van der Waals surface area contributed by atoms with E-state index in [2.05, 4.69) is 37.1 Å². The molecular formula is C24H27FN10O. The molecule has 0 bridgehead atoms. The first-order chi connectivity index (χ1) is 17.6. The number of anilines is 4. The summed E-state index contributed by atoms with van der Waals surface area (Å²) >= 11 is 0. The average molecular weight is 491 g/mol. The van der Waals surface area contributed by atoms with Gasteiger partial charge in [-0.2, -0.15) is 15.0 Å². The Labute approximate surface area is 207 Å². The lowest BCUT2D eigenvalue weighted by molar-refractivity contribution is 0.122. The number of nitrogens with zero attached hydrogens (tertiary/aromatic N) is 9. The predicted molar refractivity (Wildman–Crippen MR) is 132 cm³/mol. The van der Waals surface area contributed by atoms with E-state index in [0.717, 1.165) is 25.4 Å². The standard InChI is InChI=1S/C24H27FN10O/c1-17(21-27-13-19(25)14-28-21)35(20-15-33(16-29-20)8-7-18-5-3-2-4-6-18)24-31-22(26)30-23(32-24)34-9-11-36-12-10-34/h2-6,13-17H,7-12H2,1H3,(H2,26,30,31,32)/t17-/m0/s1. The number of halogens is 1. The van der Waals surface area contributed by atoms with Crippen LogP contribution in [0.25, 0.3) is 0 Å². The van der Waals surface area contributed by atoms with Gasteiger partial charge in [0.25, 0.3) is 0 Å². The second-order valence-electron chi connectivity index (χ2n) is 8.40. The van der Waals surface area contributed by atoms with Gasteiger partial charge in [-0.25, -0.2) is 19.3 Å². The maximum atomic E-state index is 13.5. The van der Waals surface area contributed by atoms with Crippen LogP contribution in [0.5, 0.6) is 0 Å². The van der Waals surface area contributed by atoms with Crippen molar-refractivity contribution in [3.05, 3.63) is 72.5 Å². The molecule has 4 aromatic rings. The van der Waals surface area contributed by atoms with Gasteiger partial charge in [0.2, 0.25) is 17.8 Å². The Hall–Kier alpha value is -4.19. The number of hydrogen-bond acceptors (Lipinski definition) is 10. The van der Waals surface area contributed by atoms with Gasteiger partial charge in [0.05, 0.1) is 38.0 Å². The lowest BCUT2D eigenvalue weighted by Gasteiger charge is -2.29. The number of benzene rings is 1. The van der Waals surface area contributed by atoms with Crippen molar-refractivity contribution < 1.29 is 9.13 Å². The minimum atomic E-state index is -0.512. The van der Waals surface area contributed by atoms with Gasteiger partial charge in [0.15, 0.2) is 17.5 Å². The van der Waals surface area contributed by atoms with Gasteiger partial charge in [-0.3, -0.25) is 4.90 Å². The molecule has 0 aliphatic carbocycles. The van der Waals surface area contributed by atoms with Crippen molar-refractivity contribution in [3.8, 4) is 0 Å². The second-order valence-corrected chi connectivity index (χ2v) is 8.40. The van der Waals surface area contributed by atoms with E-state index in [1.54, 1.807) is 11.2 Å². The zero-order valence-electron chi connectivity index (χ0n) is 19.9. The summed E-state index contributed by atoms with van der Waals surface area (Å²) in [5.74, 6) is 1.31. The number of nitrogen functional groups attached to an aromatic ring is 1. The summed E-state index contributed by atoms with van der Waals surface area (Å²) in [6.45, 7) is 5.07. The third kappa shape index (κ3) is 5.38. The lowest BCUT2D eigenvalue weighted by Crippen LogP contribution is -2.38. The number of aromatic nitrogens is 7. The monoisotopic (exact) mass is 490 g/mol. The van der Waals surface area contributed by atoms with Gasteiger partial charge < -0.3 is 19.9 Å². The van der Waals surface area contributed by atoms with Crippen molar-refractivity contribution in [3.63, 3.8) is 0 Å². The Balaban J connectivity index is 1.48. The molecule has 11 nitrogen and oxygen atoms in total. The Kier molecular flexibility index (Phi) is 6.94. The van der Waals surface area contributed by atoms with Gasteiger partial charge >= 0.3 is 0 Å². The van der Waals surface area contributed by atoms with Crippen LogP contribution in [0.2, 0.25) is 0 Å². The zero-order chi connectivity index (χ0) is 24.9. The van der Waals surface area contributed by atoms with Crippen molar-refractivity contribution in [2.24, 2.45) is 0 Å². The van der Waals surface area contributed by atoms with Crippen molar-refractivity contribution in [2.75, 3.05) is 41.8 Å². The highest BCUT2D eigenvalue weighted by Gasteiger charge is 2.27. The fourth-order valence-electron chi connectivity index (χ4n) is 4.01. The first-order valence-electron chi connectivity index (χ1n) is 11.7. The molecule has 0 amide bonds. The second kappa shape index (κ2) is 10.6. The molecule has 12 heteroatoms. The Morgan fingerprint density at radius 3 is 2.56 bits per heavy atom. The van der Waals surface area contributed by atoms with E-state index in [4.69, 9.17) is 15.5 Å². The molecule has 186 valence electrons. The Bertz CT molecular complexity index is 1280. The van der Waals surface area contributed by atoms with Crippen molar-refractivity contribution >= 4 is 23.7 Å². The van der Waals surface area contributed by atoms with Gasteiger partial charge in [-0.15, -0.1) is 0 Å². The molecule has 1 aromatic carbocycles. The number of hydrogen-bond donors (Lipinski definition) is 1. The summed E-state index contributed by atoms with van der Waals surface area (Å²) in [6, 6.07) is 9.77. The van der Waals surface area contributed by atoms with Gasteiger partial charge in [0, 0.05) is 25.8 Å². The molecule has 1 fully saturated rings. The maximum Gasteiger partial charge on any atom is 0.238 e. The Morgan fingerprint density at radius 1 is 1.06 bits per heavy atom. The van der Waals surface area contributed by atoms with Crippen molar-refractivity contribution in [1.29, 1.82) is 0 Å². The predicted octanol–water partition coefficient (Wildman–Crippen LogP) is 2.56. The summed E-state index contributed by atoms with van der Waals surface area (Å²) in [4.78, 5) is 30.2. The average Bonchev–Trinajstić information content (AvgIpc) is 3.37. The summed E-state index contributed by atoms with van der Waals surface area (Å²) in [5, 5.41) is 0. The largest absolute Gasteiger partial charge is 0.378 e. The zero-order valence-corrected chi connectivity index (χ0v) is 19.9. The maximum absolute atomic E-state index is 13.5. The molecule has 36 heavy (non-hydrogen) atoms. The molecule has 1 aliphatic heterocycles. The fraction of sp³-hybridized carbons (Fsp3) is 0.333. The fourth-order valence-corrected chi connectivity index (χ4v) is 4.01. The van der Waals surface area contributed by atoms with Crippen molar-refractivity contribution in [1.82, 2.24) is 34.5 Å². The smallest absolute Gasteiger partial charge is 0.238 e. The Morgan fingerprint density at radius 2 is 1.81 bits per heavy atom.